The summed E-state index contributed by atoms with van der Waals surface area (Å²) in [5, 5.41) is 26.1. The fourth-order valence-electron chi connectivity index (χ4n) is 1.54. The fourth-order valence-corrected chi connectivity index (χ4v) is 2.31. The van der Waals surface area contributed by atoms with E-state index in [0.717, 1.165) is 11.3 Å². The third-order valence-corrected chi connectivity index (χ3v) is 3.27. The van der Waals surface area contributed by atoms with Gasteiger partial charge in [-0.15, -0.1) is 11.3 Å². The van der Waals surface area contributed by atoms with Crippen LogP contribution in [0.15, 0.2) is 35.7 Å². The Morgan fingerprint density at radius 2 is 2.00 bits per heavy atom. The highest BCUT2D eigenvalue weighted by Gasteiger charge is 2.14. The van der Waals surface area contributed by atoms with E-state index in [0.29, 0.717) is 0 Å². The molecule has 0 aliphatic heterocycles. The highest BCUT2D eigenvalue weighted by atomic mass is 32.1. The number of thiophene rings is 1. The van der Waals surface area contributed by atoms with Crippen molar-refractivity contribution in [3.8, 4) is 0 Å². The van der Waals surface area contributed by atoms with Gasteiger partial charge in [-0.2, -0.15) is 0 Å². The molecule has 1 aromatic heterocycles. The maximum atomic E-state index is 11.8. The van der Waals surface area contributed by atoms with Crippen LogP contribution in [0, 0.1) is 10.1 Å². The molecule has 0 unspecified atom stereocenters. The second-order valence-corrected chi connectivity index (χ2v) is 4.77. The summed E-state index contributed by atoms with van der Waals surface area (Å²) in [5.74, 6) is -1.15. The number of carbonyl (C=O) groups excluding carboxylic acids is 1. The molecule has 0 atom stereocenters. The summed E-state index contributed by atoms with van der Waals surface area (Å²) in [6, 6.07) is 6.11. The molecule has 3 N–H and O–H groups in total. The van der Waals surface area contributed by atoms with Crippen LogP contribution in [0.1, 0.15) is 10.4 Å². The number of nitrogens with zero attached hydrogens (tertiary/aromatic N) is 1. The van der Waals surface area contributed by atoms with Crippen molar-refractivity contribution < 1.29 is 19.6 Å². The van der Waals surface area contributed by atoms with Crippen LogP contribution in [0.2, 0.25) is 0 Å². The van der Waals surface area contributed by atoms with Gasteiger partial charge in [-0.25, -0.2) is 9.59 Å². The van der Waals surface area contributed by atoms with Gasteiger partial charge < -0.3 is 10.4 Å². The van der Waals surface area contributed by atoms with E-state index in [1.54, 1.807) is 0 Å². The van der Waals surface area contributed by atoms with E-state index >= 15 is 0 Å². The molecule has 8 nitrogen and oxygen atoms in total. The molecule has 1 aromatic carbocycles. The number of non-ortho nitro benzene ring substituents is 1. The summed E-state index contributed by atoms with van der Waals surface area (Å²) in [5.41, 5.74) is 0.0551. The number of amides is 2. The Morgan fingerprint density at radius 3 is 2.67 bits per heavy atom. The maximum absolute atomic E-state index is 11.8. The largest absolute Gasteiger partial charge is 0.478 e. The zero-order chi connectivity index (χ0) is 15.4. The Balaban J connectivity index is 2.08. The number of anilines is 2. The van der Waals surface area contributed by atoms with Crippen LogP contribution in [0.3, 0.4) is 0 Å². The van der Waals surface area contributed by atoms with Crippen molar-refractivity contribution >= 4 is 39.7 Å². The predicted molar refractivity (Wildman–Crippen MR) is 77.0 cm³/mol. The number of nitro benzene ring substituents is 1. The number of nitrogens with one attached hydrogen (secondary N) is 2. The predicted octanol–water partition coefficient (Wildman–Crippen LogP) is 3.00. The molecule has 9 heteroatoms. The molecule has 21 heavy (non-hydrogen) atoms. The molecule has 108 valence electrons. The lowest BCUT2D eigenvalue weighted by Crippen LogP contribution is -2.20. The minimum absolute atomic E-state index is 0.0193. The quantitative estimate of drug-likeness (QED) is 0.592. The van der Waals surface area contributed by atoms with Gasteiger partial charge in [0, 0.05) is 17.8 Å². The van der Waals surface area contributed by atoms with E-state index in [-0.39, 0.29) is 21.9 Å². The van der Waals surface area contributed by atoms with Crippen molar-refractivity contribution in [1.82, 2.24) is 0 Å². The first-order chi connectivity index (χ1) is 9.97. The molecule has 0 bridgehead atoms. The van der Waals surface area contributed by atoms with Crippen LogP contribution in [0.25, 0.3) is 0 Å². The number of urea groups is 1. The summed E-state index contributed by atoms with van der Waals surface area (Å²) in [7, 11) is 0. The van der Waals surface area contributed by atoms with Gasteiger partial charge in [-0.1, -0.05) is 6.07 Å². The molecule has 0 radical (unpaired) electrons. The molecule has 2 rings (SSSR count). The van der Waals surface area contributed by atoms with E-state index in [9.17, 15) is 19.7 Å². The molecule has 0 spiro atoms. The lowest BCUT2D eigenvalue weighted by molar-refractivity contribution is -0.384. The highest BCUT2D eigenvalue weighted by Crippen LogP contribution is 2.23. The van der Waals surface area contributed by atoms with Gasteiger partial charge in [0.1, 0.15) is 5.00 Å². The number of rotatable bonds is 4. The molecule has 0 fully saturated rings. The van der Waals surface area contributed by atoms with Crippen molar-refractivity contribution in [1.29, 1.82) is 0 Å². The van der Waals surface area contributed by atoms with E-state index in [1.807, 2.05) is 0 Å². The lowest BCUT2D eigenvalue weighted by Gasteiger charge is -2.06. The standard InChI is InChI=1S/C12H9N3O5S/c16-11(17)9-4-5-21-10(9)14-12(18)13-7-2-1-3-8(6-7)15(19)20/h1-6H,(H,16,17)(H2,13,14,18). The number of aromatic carboxylic acids is 1. The van der Waals surface area contributed by atoms with Gasteiger partial charge >= 0.3 is 12.0 Å². The molecule has 0 saturated carbocycles. The molecular weight excluding hydrogens is 298 g/mol. The first kappa shape index (κ1) is 14.5. The average Bonchev–Trinajstić information content (AvgIpc) is 2.87. The molecule has 2 aromatic rings. The summed E-state index contributed by atoms with van der Waals surface area (Å²) >= 11 is 1.06. The molecule has 0 aliphatic carbocycles. The number of hydrogen-bond acceptors (Lipinski definition) is 5. The topological polar surface area (TPSA) is 122 Å². The first-order valence-electron chi connectivity index (χ1n) is 5.60. The number of benzene rings is 1. The van der Waals surface area contributed by atoms with E-state index in [1.165, 1.54) is 35.7 Å². The van der Waals surface area contributed by atoms with Crippen LogP contribution < -0.4 is 10.6 Å². The van der Waals surface area contributed by atoms with Gasteiger partial charge in [-0.3, -0.25) is 15.4 Å². The Labute approximate surface area is 122 Å². The van der Waals surface area contributed by atoms with Crippen molar-refractivity contribution in [3.63, 3.8) is 0 Å². The Morgan fingerprint density at radius 1 is 1.24 bits per heavy atom. The number of carboxylic acids is 1. The van der Waals surface area contributed by atoms with Crippen molar-refractivity contribution in [2.45, 2.75) is 0 Å². The van der Waals surface area contributed by atoms with Gasteiger partial charge in [0.05, 0.1) is 10.5 Å². The van der Waals surface area contributed by atoms with Gasteiger partial charge in [0.25, 0.3) is 5.69 Å². The smallest absolute Gasteiger partial charge is 0.338 e. The number of nitro groups is 1. The molecule has 0 aliphatic rings. The van der Waals surface area contributed by atoms with E-state index in [4.69, 9.17) is 5.11 Å². The molecular formula is C12H9N3O5S. The Kier molecular flexibility index (Phi) is 4.14. The SMILES string of the molecule is O=C(Nc1cccc([N+](=O)[O-])c1)Nc1sccc1C(=O)O. The summed E-state index contributed by atoms with van der Waals surface area (Å²) in [6.45, 7) is 0. The minimum atomic E-state index is -1.15. The number of hydrogen-bond donors (Lipinski definition) is 3. The minimum Gasteiger partial charge on any atom is -0.478 e. The van der Waals surface area contributed by atoms with Crippen molar-refractivity contribution in [3.05, 3.63) is 51.4 Å². The van der Waals surface area contributed by atoms with Crippen molar-refractivity contribution in [2.24, 2.45) is 0 Å². The second-order valence-electron chi connectivity index (χ2n) is 3.86. The first-order valence-corrected chi connectivity index (χ1v) is 6.48. The highest BCUT2D eigenvalue weighted by molar-refractivity contribution is 7.14. The van der Waals surface area contributed by atoms with Crippen molar-refractivity contribution in [2.75, 3.05) is 10.6 Å². The summed E-state index contributed by atoms with van der Waals surface area (Å²) < 4.78 is 0. The lowest BCUT2D eigenvalue weighted by atomic mass is 10.3. The Hall–Kier alpha value is -2.94. The number of carboxylic acid groups (broad SMARTS) is 1. The molecule has 0 saturated heterocycles. The normalized spacial score (nSPS) is 9.90. The summed E-state index contributed by atoms with van der Waals surface area (Å²) in [6.07, 6.45) is 0. The summed E-state index contributed by atoms with van der Waals surface area (Å²) in [4.78, 5) is 32.7. The van der Waals surface area contributed by atoms with E-state index < -0.39 is 16.9 Å². The van der Waals surface area contributed by atoms with Crippen LogP contribution in [0.4, 0.5) is 21.2 Å². The zero-order valence-corrected chi connectivity index (χ0v) is 11.2. The van der Waals surface area contributed by atoms with Crippen LogP contribution in [0.5, 0.6) is 0 Å². The van der Waals surface area contributed by atoms with Crippen LogP contribution >= 0.6 is 11.3 Å². The van der Waals surface area contributed by atoms with Gasteiger partial charge in [0.2, 0.25) is 0 Å². The molecule has 2 amide bonds. The number of carbonyl (C=O) groups is 2. The van der Waals surface area contributed by atoms with Gasteiger partial charge in [0.15, 0.2) is 0 Å². The van der Waals surface area contributed by atoms with Crippen LogP contribution in [-0.4, -0.2) is 22.0 Å². The third kappa shape index (κ3) is 3.54. The third-order valence-electron chi connectivity index (χ3n) is 2.44. The van der Waals surface area contributed by atoms with Gasteiger partial charge in [-0.05, 0) is 17.5 Å². The van der Waals surface area contributed by atoms with E-state index in [2.05, 4.69) is 10.6 Å². The average molecular weight is 307 g/mol. The van der Waals surface area contributed by atoms with Crippen LogP contribution in [-0.2, 0) is 0 Å². The monoisotopic (exact) mass is 307 g/mol. The fraction of sp³-hybridized carbons (Fsp3) is 0. The molecule has 1 heterocycles. The second kappa shape index (κ2) is 6.01. The zero-order valence-electron chi connectivity index (χ0n) is 10.4. The maximum Gasteiger partial charge on any atom is 0.338 e. The Bertz CT molecular complexity index is 712.